The van der Waals surface area contributed by atoms with Crippen molar-refractivity contribution in [2.24, 2.45) is 0 Å². The molecule has 24 heavy (non-hydrogen) atoms. The van der Waals surface area contributed by atoms with Gasteiger partial charge in [0.15, 0.2) is 11.4 Å². The second-order valence-electron chi connectivity index (χ2n) is 6.74. The van der Waals surface area contributed by atoms with Crippen LogP contribution in [0, 0.1) is 27.7 Å². The van der Waals surface area contributed by atoms with Crippen LogP contribution in [0.3, 0.4) is 0 Å². The molecule has 1 atom stereocenters. The Labute approximate surface area is 141 Å². The summed E-state index contributed by atoms with van der Waals surface area (Å²) in [6, 6.07) is 9.26. The number of Topliss-reactive ketones (excluding diaryl/α,β-unsaturated/α-hetero) is 1. The lowest BCUT2D eigenvalue weighted by atomic mass is 9.85. The molecule has 0 saturated carbocycles. The molecule has 0 spiro atoms. The fourth-order valence-electron chi connectivity index (χ4n) is 3.57. The predicted octanol–water partition coefficient (Wildman–Crippen LogP) is 3.33. The van der Waals surface area contributed by atoms with Crippen LogP contribution in [0.5, 0.6) is 0 Å². The molecule has 0 radical (unpaired) electrons. The number of aryl methyl sites for hydroxylation is 4. The van der Waals surface area contributed by atoms with E-state index in [2.05, 4.69) is 5.32 Å². The molecule has 3 rings (SSSR count). The first-order valence-corrected chi connectivity index (χ1v) is 7.98. The Hall–Kier alpha value is -2.46. The van der Waals surface area contributed by atoms with Crippen molar-refractivity contribution in [1.82, 2.24) is 0 Å². The first kappa shape index (κ1) is 16.4. The number of hydrogen-bond acceptors (Lipinski definition) is 3. The molecule has 124 valence electrons. The summed E-state index contributed by atoms with van der Waals surface area (Å²) in [4.78, 5) is 25.2. The van der Waals surface area contributed by atoms with Gasteiger partial charge in [-0.3, -0.25) is 9.59 Å². The van der Waals surface area contributed by atoms with Gasteiger partial charge in [-0.1, -0.05) is 35.4 Å². The molecule has 0 bridgehead atoms. The summed E-state index contributed by atoms with van der Waals surface area (Å²) in [5.74, 6) is -0.768. The van der Waals surface area contributed by atoms with Crippen molar-refractivity contribution in [2.45, 2.75) is 39.7 Å². The summed E-state index contributed by atoms with van der Waals surface area (Å²) in [6.07, 6.45) is -0.264. The zero-order valence-corrected chi connectivity index (χ0v) is 14.4. The Morgan fingerprint density at radius 3 is 2.29 bits per heavy atom. The smallest absolute Gasteiger partial charge is 0.261 e. The first-order chi connectivity index (χ1) is 11.2. The van der Waals surface area contributed by atoms with Crippen LogP contribution in [-0.4, -0.2) is 16.8 Å². The number of carbonyl (C=O) groups excluding carboxylic acids is 2. The molecule has 1 aliphatic heterocycles. The van der Waals surface area contributed by atoms with Crippen LogP contribution in [0.4, 0.5) is 5.69 Å². The van der Waals surface area contributed by atoms with Crippen molar-refractivity contribution in [2.75, 3.05) is 5.32 Å². The molecular weight excluding hydrogens is 302 g/mol. The summed E-state index contributed by atoms with van der Waals surface area (Å²) < 4.78 is 0. The van der Waals surface area contributed by atoms with Gasteiger partial charge >= 0.3 is 0 Å². The molecule has 0 aliphatic carbocycles. The number of hydrogen-bond donors (Lipinski definition) is 2. The molecule has 1 heterocycles. The normalized spacial score (nSPS) is 19.1. The molecule has 1 amide bonds. The Kier molecular flexibility index (Phi) is 3.80. The van der Waals surface area contributed by atoms with Crippen molar-refractivity contribution in [3.63, 3.8) is 0 Å². The minimum atomic E-state index is -1.82. The van der Waals surface area contributed by atoms with Crippen molar-refractivity contribution in [1.29, 1.82) is 0 Å². The molecule has 4 heteroatoms. The van der Waals surface area contributed by atoms with E-state index >= 15 is 0 Å². The van der Waals surface area contributed by atoms with Gasteiger partial charge in [-0.15, -0.1) is 0 Å². The molecule has 2 aromatic carbocycles. The molecule has 2 aromatic rings. The van der Waals surface area contributed by atoms with E-state index in [4.69, 9.17) is 0 Å². The first-order valence-electron chi connectivity index (χ1n) is 7.98. The Morgan fingerprint density at radius 2 is 1.67 bits per heavy atom. The lowest BCUT2D eigenvalue weighted by Gasteiger charge is -2.21. The third kappa shape index (κ3) is 2.53. The van der Waals surface area contributed by atoms with E-state index in [1.54, 1.807) is 12.1 Å². The number of amides is 1. The van der Waals surface area contributed by atoms with Crippen LogP contribution in [0.1, 0.15) is 44.6 Å². The average Bonchev–Trinajstić information content (AvgIpc) is 2.69. The van der Waals surface area contributed by atoms with Gasteiger partial charge in [-0.05, 0) is 44.9 Å². The van der Waals surface area contributed by atoms with Crippen molar-refractivity contribution in [3.05, 3.63) is 63.7 Å². The van der Waals surface area contributed by atoms with E-state index in [-0.39, 0.29) is 12.2 Å². The number of aliphatic hydroxyl groups is 1. The zero-order valence-electron chi connectivity index (χ0n) is 14.4. The van der Waals surface area contributed by atoms with E-state index in [0.717, 1.165) is 22.3 Å². The maximum absolute atomic E-state index is 12.9. The quantitative estimate of drug-likeness (QED) is 0.852. The van der Waals surface area contributed by atoms with E-state index in [1.165, 1.54) is 0 Å². The van der Waals surface area contributed by atoms with Crippen LogP contribution in [0.2, 0.25) is 0 Å². The highest BCUT2D eigenvalue weighted by atomic mass is 16.3. The van der Waals surface area contributed by atoms with Crippen LogP contribution in [0.15, 0.2) is 30.3 Å². The van der Waals surface area contributed by atoms with Gasteiger partial charge in [0.05, 0.1) is 6.42 Å². The van der Waals surface area contributed by atoms with Crippen LogP contribution < -0.4 is 5.32 Å². The van der Waals surface area contributed by atoms with Gasteiger partial charge in [0.2, 0.25) is 0 Å². The maximum atomic E-state index is 12.9. The van der Waals surface area contributed by atoms with Gasteiger partial charge < -0.3 is 10.4 Å². The largest absolute Gasteiger partial charge is 0.375 e. The minimum Gasteiger partial charge on any atom is -0.375 e. The standard InChI is InChI=1S/C20H21NO3/c1-11-5-6-16-15(9-11)20(24,19(23)21-16)10-17(22)18-13(3)7-12(2)8-14(18)4/h5-9,24H,10H2,1-4H3,(H,21,23)/t20-/m1/s1. The Balaban J connectivity index is 2.01. The highest BCUT2D eigenvalue weighted by Crippen LogP contribution is 2.40. The number of fused-ring (bicyclic) bond motifs is 1. The lowest BCUT2D eigenvalue weighted by Crippen LogP contribution is -2.36. The molecular formula is C20H21NO3. The summed E-state index contributed by atoms with van der Waals surface area (Å²) in [7, 11) is 0. The second kappa shape index (κ2) is 5.56. The number of benzene rings is 2. The summed E-state index contributed by atoms with van der Waals surface area (Å²) in [5, 5.41) is 13.6. The number of ketones is 1. The number of anilines is 1. The fraction of sp³-hybridized carbons (Fsp3) is 0.300. The number of nitrogens with one attached hydrogen (secondary N) is 1. The van der Waals surface area contributed by atoms with Crippen LogP contribution >= 0.6 is 0 Å². The third-order valence-electron chi connectivity index (χ3n) is 4.62. The van der Waals surface area contributed by atoms with Crippen LogP contribution in [-0.2, 0) is 10.4 Å². The zero-order chi connectivity index (χ0) is 17.6. The summed E-state index contributed by atoms with van der Waals surface area (Å²) in [5.41, 5.74) is 3.55. The van der Waals surface area contributed by atoms with Crippen molar-refractivity contribution < 1.29 is 14.7 Å². The van der Waals surface area contributed by atoms with E-state index in [1.807, 2.05) is 45.9 Å². The molecule has 1 aliphatic rings. The highest BCUT2D eigenvalue weighted by Gasteiger charge is 2.47. The average molecular weight is 323 g/mol. The Bertz CT molecular complexity index is 846. The third-order valence-corrected chi connectivity index (χ3v) is 4.62. The Morgan fingerprint density at radius 1 is 1.04 bits per heavy atom. The number of rotatable bonds is 3. The summed E-state index contributed by atoms with van der Waals surface area (Å²) in [6.45, 7) is 7.62. The second-order valence-corrected chi connectivity index (χ2v) is 6.74. The topological polar surface area (TPSA) is 66.4 Å². The van der Waals surface area contributed by atoms with Crippen LogP contribution in [0.25, 0.3) is 0 Å². The van der Waals surface area contributed by atoms with Gasteiger partial charge in [0.1, 0.15) is 0 Å². The van der Waals surface area contributed by atoms with Gasteiger partial charge in [-0.25, -0.2) is 0 Å². The fourth-order valence-corrected chi connectivity index (χ4v) is 3.57. The monoisotopic (exact) mass is 323 g/mol. The predicted molar refractivity (Wildman–Crippen MR) is 93.3 cm³/mol. The molecule has 4 nitrogen and oxygen atoms in total. The van der Waals surface area contributed by atoms with E-state index < -0.39 is 11.5 Å². The lowest BCUT2D eigenvalue weighted by molar-refractivity contribution is -0.133. The molecule has 0 aromatic heterocycles. The van der Waals surface area contributed by atoms with Gasteiger partial charge in [0, 0.05) is 16.8 Å². The van der Waals surface area contributed by atoms with Crippen molar-refractivity contribution >= 4 is 17.4 Å². The molecule has 0 saturated heterocycles. The summed E-state index contributed by atoms with van der Waals surface area (Å²) >= 11 is 0. The minimum absolute atomic E-state index is 0.225. The number of carbonyl (C=O) groups is 2. The van der Waals surface area contributed by atoms with Gasteiger partial charge in [-0.2, -0.15) is 0 Å². The maximum Gasteiger partial charge on any atom is 0.261 e. The van der Waals surface area contributed by atoms with Gasteiger partial charge in [0.25, 0.3) is 5.91 Å². The van der Waals surface area contributed by atoms with Crippen molar-refractivity contribution in [3.8, 4) is 0 Å². The van der Waals surface area contributed by atoms with E-state index in [9.17, 15) is 14.7 Å². The molecule has 0 unspecified atom stereocenters. The molecule has 0 fully saturated rings. The highest BCUT2D eigenvalue weighted by molar-refractivity contribution is 6.10. The SMILES string of the molecule is Cc1cc(C)c(C(=O)C[C@]2(O)C(=O)Nc3ccc(C)cc32)c(C)c1. The van der Waals surface area contributed by atoms with E-state index in [0.29, 0.717) is 16.8 Å². The molecule has 2 N–H and O–H groups in total.